The Morgan fingerprint density at radius 3 is 2.39 bits per heavy atom. The summed E-state index contributed by atoms with van der Waals surface area (Å²) in [6.45, 7) is 4.12. The first kappa shape index (κ1) is 23.0. The number of benzene rings is 2. The highest BCUT2D eigenvalue weighted by Gasteiger charge is 2.26. The third-order valence-electron chi connectivity index (χ3n) is 5.82. The average Bonchev–Trinajstić information content (AvgIpc) is 2.88. The van der Waals surface area contributed by atoms with E-state index in [0.717, 1.165) is 18.7 Å². The van der Waals surface area contributed by atoms with Crippen molar-refractivity contribution in [3.63, 3.8) is 0 Å². The van der Waals surface area contributed by atoms with E-state index in [1.54, 1.807) is 33.5 Å². The van der Waals surface area contributed by atoms with Gasteiger partial charge in [-0.15, -0.1) is 0 Å². The fraction of sp³-hybridized carbons (Fsp3) is 0.458. The van der Waals surface area contributed by atoms with Crippen molar-refractivity contribution < 1.29 is 33.2 Å². The van der Waals surface area contributed by atoms with Crippen LogP contribution >= 0.6 is 0 Å². The molecule has 1 N–H and O–H groups in total. The van der Waals surface area contributed by atoms with Crippen LogP contribution in [0.15, 0.2) is 30.3 Å². The Morgan fingerprint density at radius 1 is 0.939 bits per heavy atom. The molecule has 2 aliphatic heterocycles. The van der Waals surface area contributed by atoms with E-state index in [2.05, 4.69) is 10.2 Å². The molecule has 0 radical (unpaired) electrons. The zero-order valence-electron chi connectivity index (χ0n) is 19.2. The standard InChI is InChI=1S/C24H30N2O7/c1-28-19-5-4-16(12-20(19)29-2)18(26-6-8-31-9-7-26)15-25-24(27)17-13-21(30-3)23-22(14-17)32-10-11-33-23/h4-5,12-14,18H,6-11,15H2,1-3H3,(H,25,27)/t18-/m1/s1. The van der Waals surface area contributed by atoms with Gasteiger partial charge in [0.1, 0.15) is 13.2 Å². The molecule has 0 saturated carbocycles. The van der Waals surface area contributed by atoms with Gasteiger partial charge < -0.3 is 33.7 Å². The van der Waals surface area contributed by atoms with Crippen LogP contribution in [0.25, 0.3) is 0 Å². The summed E-state index contributed by atoms with van der Waals surface area (Å²) in [5, 5.41) is 3.07. The summed E-state index contributed by atoms with van der Waals surface area (Å²) in [7, 11) is 4.77. The molecule has 178 valence electrons. The first-order valence-corrected chi connectivity index (χ1v) is 10.9. The van der Waals surface area contributed by atoms with Gasteiger partial charge in [-0.3, -0.25) is 9.69 Å². The molecular formula is C24H30N2O7. The summed E-state index contributed by atoms with van der Waals surface area (Å²) in [5.41, 5.74) is 1.47. The number of carbonyl (C=O) groups excluding carboxylic acids is 1. The van der Waals surface area contributed by atoms with E-state index >= 15 is 0 Å². The van der Waals surface area contributed by atoms with Gasteiger partial charge in [0.05, 0.1) is 40.6 Å². The average molecular weight is 459 g/mol. The minimum absolute atomic E-state index is 0.0586. The number of hydrogen-bond acceptors (Lipinski definition) is 8. The van der Waals surface area contributed by atoms with Gasteiger partial charge in [0.25, 0.3) is 5.91 Å². The topological polar surface area (TPSA) is 87.7 Å². The summed E-state index contributed by atoms with van der Waals surface area (Å²) in [6.07, 6.45) is 0. The second-order valence-electron chi connectivity index (χ2n) is 7.69. The number of morpholine rings is 1. The smallest absolute Gasteiger partial charge is 0.251 e. The molecule has 0 unspecified atom stereocenters. The summed E-state index contributed by atoms with van der Waals surface area (Å²) in [4.78, 5) is 15.4. The lowest BCUT2D eigenvalue weighted by Gasteiger charge is -2.35. The number of methoxy groups -OCH3 is 3. The van der Waals surface area contributed by atoms with Gasteiger partial charge in [-0.2, -0.15) is 0 Å². The number of hydrogen-bond donors (Lipinski definition) is 1. The second-order valence-corrected chi connectivity index (χ2v) is 7.69. The molecule has 4 rings (SSSR count). The Labute approximate surface area is 193 Å². The van der Waals surface area contributed by atoms with Crippen molar-refractivity contribution in [3.05, 3.63) is 41.5 Å². The molecule has 1 fully saturated rings. The Morgan fingerprint density at radius 2 is 1.67 bits per heavy atom. The van der Waals surface area contributed by atoms with E-state index < -0.39 is 0 Å². The quantitative estimate of drug-likeness (QED) is 0.645. The maximum absolute atomic E-state index is 13.1. The molecule has 1 saturated heterocycles. The molecule has 33 heavy (non-hydrogen) atoms. The lowest BCUT2D eigenvalue weighted by Crippen LogP contribution is -2.43. The number of nitrogens with one attached hydrogen (secondary N) is 1. The van der Waals surface area contributed by atoms with Crippen LogP contribution in [0.2, 0.25) is 0 Å². The number of ether oxygens (including phenoxy) is 6. The van der Waals surface area contributed by atoms with Crippen LogP contribution in [0.1, 0.15) is 22.0 Å². The third kappa shape index (κ3) is 5.09. The minimum Gasteiger partial charge on any atom is -0.493 e. The molecule has 9 heteroatoms. The van der Waals surface area contributed by atoms with E-state index in [0.29, 0.717) is 67.3 Å². The van der Waals surface area contributed by atoms with Gasteiger partial charge in [-0.05, 0) is 29.8 Å². The first-order valence-electron chi connectivity index (χ1n) is 10.9. The lowest BCUT2D eigenvalue weighted by atomic mass is 10.0. The van der Waals surface area contributed by atoms with Crippen LogP contribution in [-0.2, 0) is 4.74 Å². The molecular weight excluding hydrogens is 428 g/mol. The van der Waals surface area contributed by atoms with Gasteiger partial charge in [0.2, 0.25) is 5.75 Å². The molecule has 0 spiro atoms. The largest absolute Gasteiger partial charge is 0.493 e. The predicted octanol–water partition coefficient (Wildman–Crippen LogP) is 2.29. The van der Waals surface area contributed by atoms with Crippen LogP contribution in [0.3, 0.4) is 0 Å². The van der Waals surface area contributed by atoms with Crippen molar-refractivity contribution >= 4 is 5.91 Å². The Balaban J connectivity index is 1.55. The van der Waals surface area contributed by atoms with E-state index in [1.165, 1.54) is 0 Å². The Hall–Kier alpha value is -3.17. The van der Waals surface area contributed by atoms with Crippen LogP contribution in [-0.4, -0.2) is 78.2 Å². The fourth-order valence-electron chi connectivity index (χ4n) is 4.10. The highest BCUT2D eigenvalue weighted by atomic mass is 16.6. The zero-order valence-corrected chi connectivity index (χ0v) is 19.2. The summed E-state index contributed by atoms with van der Waals surface area (Å²) in [6, 6.07) is 9.14. The second kappa shape index (κ2) is 10.6. The molecule has 1 atom stereocenters. The minimum atomic E-state index is -0.219. The molecule has 2 aliphatic rings. The van der Waals surface area contributed by atoms with E-state index in [9.17, 15) is 4.79 Å². The van der Waals surface area contributed by atoms with Crippen molar-refractivity contribution in [1.82, 2.24) is 10.2 Å². The Bertz CT molecular complexity index is 958. The normalized spacial score (nSPS) is 16.6. The summed E-state index contributed by atoms with van der Waals surface area (Å²) >= 11 is 0. The van der Waals surface area contributed by atoms with Crippen molar-refractivity contribution in [1.29, 1.82) is 0 Å². The number of nitrogens with zero attached hydrogens (tertiary/aromatic N) is 1. The molecule has 0 aliphatic carbocycles. The van der Waals surface area contributed by atoms with Crippen LogP contribution in [0.5, 0.6) is 28.7 Å². The molecule has 1 amide bonds. The van der Waals surface area contributed by atoms with Crippen molar-refractivity contribution in [3.8, 4) is 28.7 Å². The van der Waals surface area contributed by atoms with Crippen LogP contribution < -0.4 is 29.0 Å². The molecule has 0 bridgehead atoms. The Kier molecular flexibility index (Phi) is 7.41. The lowest BCUT2D eigenvalue weighted by molar-refractivity contribution is 0.0162. The summed E-state index contributed by atoms with van der Waals surface area (Å²) in [5.74, 6) is 2.60. The third-order valence-corrected chi connectivity index (χ3v) is 5.82. The highest BCUT2D eigenvalue weighted by molar-refractivity contribution is 5.95. The van der Waals surface area contributed by atoms with Gasteiger partial charge >= 0.3 is 0 Å². The van der Waals surface area contributed by atoms with E-state index in [4.69, 9.17) is 28.4 Å². The maximum atomic E-state index is 13.1. The first-order chi connectivity index (χ1) is 16.1. The van der Waals surface area contributed by atoms with Gasteiger partial charge in [-0.25, -0.2) is 0 Å². The predicted molar refractivity (Wildman–Crippen MR) is 121 cm³/mol. The van der Waals surface area contributed by atoms with Gasteiger partial charge in [-0.1, -0.05) is 6.07 Å². The highest BCUT2D eigenvalue weighted by Crippen LogP contribution is 2.40. The SMILES string of the molecule is COc1ccc([C@@H](CNC(=O)c2cc(OC)c3c(c2)OCCO3)N2CCOCC2)cc1OC. The van der Waals surface area contributed by atoms with Crippen molar-refractivity contribution in [2.45, 2.75) is 6.04 Å². The molecule has 2 aromatic carbocycles. The molecule has 9 nitrogen and oxygen atoms in total. The monoisotopic (exact) mass is 458 g/mol. The molecule has 2 aromatic rings. The molecule has 0 aromatic heterocycles. The van der Waals surface area contributed by atoms with E-state index in [1.807, 2.05) is 18.2 Å². The van der Waals surface area contributed by atoms with Crippen LogP contribution in [0.4, 0.5) is 0 Å². The number of carbonyl (C=O) groups is 1. The number of fused-ring (bicyclic) bond motifs is 1. The van der Waals surface area contributed by atoms with Gasteiger partial charge in [0.15, 0.2) is 23.0 Å². The fourth-order valence-corrected chi connectivity index (χ4v) is 4.10. The number of amides is 1. The zero-order chi connectivity index (χ0) is 23.2. The maximum Gasteiger partial charge on any atom is 0.251 e. The van der Waals surface area contributed by atoms with Crippen molar-refractivity contribution in [2.75, 3.05) is 67.4 Å². The number of rotatable bonds is 8. The molecule has 2 heterocycles. The van der Waals surface area contributed by atoms with Gasteiger partial charge in [0, 0.05) is 25.2 Å². The van der Waals surface area contributed by atoms with E-state index in [-0.39, 0.29) is 11.9 Å². The van der Waals surface area contributed by atoms with Crippen molar-refractivity contribution in [2.24, 2.45) is 0 Å². The van der Waals surface area contributed by atoms with Crippen LogP contribution in [0, 0.1) is 0 Å². The summed E-state index contributed by atoms with van der Waals surface area (Å²) < 4.78 is 33.1.